The van der Waals surface area contributed by atoms with E-state index in [1.165, 1.54) is 14.2 Å². The van der Waals surface area contributed by atoms with Crippen molar-refractivity contribution in [2.24, 2.45) is 0 Å². The molecule has 0 aliphatic carbocycles. The highest BCUT2D eigenvalue weighted by Gasteiger charge is 2.34. The molecule has 0 aliphatic rings. The second-order valence-corrected chi connectivity index (χ2v) is 4.51. The minimum atomic E-state index is -1.06. The Balaban J connectivity index is 1.80. The summed E-state index contributed by atoms with van der Waals surface area (Å²) < 4.78 is 21.3. The van der Waals surface area contributed by atoms with Crippen molar-refractivity contribution in [1.29, 1.82) is 0 Å². The van der Waals surface area contributed by atoms with Crippen molar-refractivity contribution in [2.75, 3.05) is 0 Å². The van der Waals surface area contributed by atoms with Gasteiger partial charge in [0.1, 0.15) is 17.5 Å². The Morgan fingerprint density at radius 3 is 1.23 bits per heavy atom. The fourth-order valence-corrected chi connectivity index (χ4v) is 1.77. The Bertz CT molecular complexity index is 651. The van der Waals surface area contributed by atoms with Gasteiger partial charge in [0.25, 0.3) is 0 Å². The van der Waals surface area contributed by atoms with Gasteiger partial charge in [0, 0.05) is 18.6 Å². The molecule has 0 fully saturated rings. The molecule has 10 heteroatoms. The lowest BCUT2D eigenvalue weighted by Gasteiger charge is -2.17. The SMILES string of the molecule is Cc1nccn1OB(On1ccnc1C)On1ccnc1C. The number of imidazole rings is 3. The second kappa shape index (κ2) is 5.84. The molecule has 9 nitrogen and oxygen atoms in total. The number of aromatic nitrogens is 6. The van der Waals surface area contributed by atoms with Crippen LogP contribution in [0, 0.1) is 20.8 Å². The minimum Gasteiger partial charge on any atom is -0.395 e. The summed E-state index contributed by atoms with van der Waals surface area (Å²) in [6.45, 7) is 5.42. The monoisotopic (exact) mass is 302 g/mol. The maximum atomic E-state index is 5.65. The molecule has 0 aliphatic heterocycles. The molecule has 22 heavy (non-hydrogen) atoms. The summed E-state index contributed by atoms with van der Waals surface area (Å²) >= 11 is 0. The largest absolute Gasteiger partial charge is 0.926 e. The molecule has 3 aromatic rings. The molecule has 0 spiro atoms. The van der Waals surface area contributed by atoms with E-state index in [0.717, 1.165) is 0 Å². The van der Waals surface area contributed by atoms with Gasteiger partial charge in [-0.25, -0.2) is 15.0 Å². The number of hydrogen-bond donors (Lipinski definition) is 0. The normalized spacial score (nSPS) is 10.5. The summed E-state index contributed by atoms with van der Waals surface area (Å²) in [7, 11) is -1.06. The lowest BCUT2D eigenvalue weighted by Crippen LogP contribution is -2.49. The van der Waals surface area contributed by atoms with E-state index in [9.17, 15) is 0 Å². The predicted molar refractivity (Wildman–Crippen MR) is 76.4 cm³/mol. The van der Waals surface area contributed by atoms with E-state index in [1.807, 2.05) is 20.8 Å². The van der Waals surface area contributed by atoms with E-state index in [-0.39, 0.29) is 0 Å². The van der Waals surface area contributed by atoms with Gasteiger partial charge in [-0.15, -0.1) is 0 Å². The van der Waals surface area contributed by atoms with Gasteiger partial charge in [-0.2, -0.15) is 14.2 Å². The molecule has 0 radical (unpaired) electrons. The summed E-state index contributed by atoms with van der Waals surface area (Å²) in [6.07, 6.45) is 9.86. The zero-order chi connectivity index (χ0) is 15.5. The smallest absolute Gasteiger partial charge is 0.395 e. The minimum absolute atomic E-state index is 0.668. The van der Waals surface area contributed by atoms with Crippen molar-refractivity contribution in [3.8, 4) is 0 Å². The van der Waals surface area contributed by atoms with Gasteiger partial charge < -0.3 is 14.3 Å². The second-order valence-electron chi connectivity index (χ2n) is 4.51. The summed E-state index contributed by atoms with van der Waals surface area (Å²) in [5.41, 5.74) is 0. The molecule has 0 amide bonds. The van der Waals surface area contributed by atoms with Crippen LogP contribution < -0.4 is 14.3 Å². The molecular weight excluding hydrogens is 287 g/mol. The van der Waals surface area contributed by atoms with Crippen molar-refractivity contribution in [1.82, 2.24) is 29.1 Å². The third-order valence-corrected chi connectivity index (χ3v) is 2.95. The Morgan fingerprint density at radius 1 is 0.682 bits per heavy atom. The molecule has 0 saturated heterocycles. The maximum Gasteiger partial charge on any atom is 0.926 e. The molecule has 0 bridgehead atoms. The summed E-state index contributed by atoms with van der Waals surface area (Å²) in [5, 5.41) is 0. The van der Waals surface area contributed by atoms with Gasteiger partial charge in [-0.3, -0.25) is 0 Å². The van der Waals surface area contributed by atoms with Crippen LogP contribution in [0.4, 0.5) is 0 Å². The first-order chi connectivity index (χ1) is 10.6. The topological polar surface area (TPSA) is 81.1 Å². The average Bonchev–Trinajstić information content (AvgIpc) is 3.17. The van der Waals surface area contributed by atoms with Crippen LogP contribution in [0.2, 0.25) is 0 Å². The van der Waals surface area contributed by atoms with E-state index in [4.69, 9.17) is 14.3 Å². The highest BCUT2D eigenvalue weighted by molar-refractivity contribution is 6.37. The Kier molecular flexibility index (Phi) is 3.73. The van der Waals surface area contributed by atoms with Crippen LogP contribution in [0.5, 0.6) is 0 Å². The van der Waals surface area contributed by atoms with Crippen LogP contribution in [0.1, 0.15) is 17.5 Å². The maximum absolute atomic E-state index is 5.65. The highest BCUT2D eigenvalue weighted by Crippen LogP contribution is 1.98. The molecule has 0 atom stereocenters. The summed E-state index contributed by atoms with van der Waals surface area (Å²) in [4.78, 5) is 12.3. The van der Waals surface area contributed by atoms with Crippen LogP contribution in [0.15, 0.2) is 37.2 Å². The quantitative estimate of drug-likeness (QED) is 0.590. The van der Waals surface area contributed by atoms with Gasteiger partial charge in [0.2, 0.25) is 0 Å². The van der Waals surface area contributed by atoms with Crippen LogP contribution in [0.25, 0.3) is 0 Å². The summed E-state index contributed by atoms with van der Waals surface area (Å²) in [5.74, 6) is 2.01. The van der Waals surface area contributed by atoms with Crippen LogP contribution in [-0.2, 0) is 0 Å². The fraction of sp³-hybridized carbons (Fsp3) is 0.250. The Hall–Kier alpha value is -2.91. The molecule has 3 heterocycles. The van der Waals surface area contributed by atoms with Gasteiger partial charge in [0.05, 0.1) is 18.6 Å². The molecule has 0 unspecified atom stereocenters. The molecule has 0 saturated carbocycles. The fourth-order valence-electron chi connectivity index (χ4n) is 1.77. The van der Waals surface area contributed by atoms with Crippen LogP contribution in [-0.4, -0.2) is 36.5 Å². The van der Waals surface area contributed by atoms with Crippen molar-refractivity contribution in [2.45, 2.75) is 20.8 Å². The van der Waals surface area contributed by atoms with Crippen LogP contribution in [0.3, 0.4) is 0 Å². The molecule has 3 rings (SSSR count). The lowest BCUT2D eigenvalue weighted by molar-refractivity contribution is 0.0634. The van der Waals surface area contributed by atoms with Gasteiger partial charge in [0.15, 0.2) is 0 Å². The van der Waals surface area contributed by atoms with Gasteiger partial charge in [-0.05, 0) is 20.8 Å². The Labute approximate surface area is 127 Å². The van der Waals surface area contributed by atoms with E-state index >= 15 is 0 Å². The van der Waals surface area contributed by atoms with Crippen molar-refractivity contribution < 1.29 is 14.3 Å². The van der Waals surface area contributed by atoms with Crippen molar-refractivity contribution in [3.05, 3.63) is 54.7 Å². The predicted octanol–water partition coefficient (Wildman–Crippen LogP) is -0.128. The Morgan fingerprint density at radius 2 is 1.00 bits per heavy atom. The van der Waals surface area contributed by atoms with Crippen molar-refractivity contribution >= 4 is 7.32 Å². The van der Waals surface area contributed by atoms with Gasteiger partial charge in [-0.1, -0.05) is 0 Å². The number of nitrogens with zero attached hydrogens (tertiary/aromatic N) is 6. The van der Waals surface area contributed by atoms with E-state index in [2.05, 4.69) is 15.0 Å². The third kappa shape index (κ3) is 2.90. The van der Waals surface area contributed by atoms with E-state index < -0.39 is 7.32 Å². The first-order valence-corrected chi connectivity index (χ1v) is 6.65. The number of aryl methyl sites for hydroxylation is 3. The lowest BCUT2D eigenvalue weighted by atomic mass is 10.3. The third-order valence-electron chi connectivity index (χ3n) is 2.95. The van der Waals surface area contributed by atoms with E-state index in [0.29, 0.717) is 17.5 Å². The highest BCUT2D eigenvalue weighted by atomic mass is 16.9. The number of hydrogen-bond acceptors (Lipinski definition) is 6. The standard InChI is InChI=1S/C12H15BN6O3/c1-10-14-4-7-17(10)20-13(21-18-8-5-15-11(18)2)22-19-9-6-16-12(19)3/h4-9H,1-3H3. The first kappa shape index (κ1) is 14.0. The molecule has 3 aromatic heterocycles. The summed E-state index contributed by atoms with van der Waals surface area (Å²) in [6, 6.07) is 0. The molecule has 0 aromatic carbocycles. The number of rotatable bonds is 6. The van der Waals surface area contributed by atoms with Crippen molar-refractivity contribution in [3.63, 3.8) is 0 Å². The molecule has 0 N–H and O–H groups in total. The van der Waals surface area contributed by atoms with Crippen LogP contribution >= 0.6 is 0 Å². The molecular formula is C12H15BN6O3. The molecule has 114 valence electrons. The zero-order valence-electron chi connectivity index (χ0n) is 12.4. The van der Waals surface area contributed by atoms with Gasteiger partial charge >= 0.3 is 7.32 Å². The van der Waals surface area contributed by atoms with E-state index in [1.54, 1.807) is 37.2 Å². The first-order valence-electron chi connectivity index (χ1n) is 6.65. The average molecular weight is 302 g/mol. The zero-order valence-corrected chi connectivity index (χ0v) is 12.4.